The minimum absolute atomic E-state index is 0.828. The summed E-state index contributed by atoms with van der Waals surface area (Å²) in [6, 6.07) is 0. The highest BCUT2D eigenvalue weighted by atomic mass is 14.5. The summed E-state index contributed by atoms with van der Waals surface area (Å²) in [4.78, 5) is 0. The maximum absolute atomic E-state index is 2.50. The summed E-state index contributed by atoms with van der Waals surface area (Å²) in [7, 11) is 0. The molecule has 0 N–H and O–H groups in total. The number of hydrogen-bond acceptors (Lipinski definition) is 0. The van der Waals surface area contributed by atoms with E-state index in [9.17, 15) is 0 Å². The van der Waals surface area contributed by atoms with Gasteiger partial charge in [-0.25, -0.2) is 0 Å². The first-order valence-corrected chi connectivity index (χ1v) is 9.44. The van der Waals surface area contributed by atoms with Crippen molar-refractivity contribution < 1.29 is 0 Å². The van der Waals surface area contributed by atoms with E-state index in [1.165, 1.54) is 25.7 Å². The van der Waals surface area contributed by atoms with Gasteiger partial charge in [-0.05, 0) is 73.0 Å². The molecular weight excluding hydrogens is 264 g/mol. The average molecular weight is 294 g/mol. The zero-order valence-corrected chi connectivity index (χ0v) is 14.1. The number of hydrogen-bond donors (Lipinski definition) is 0. The molecule has 2 saturated carbocycles. The first-order valence-electron chi connectivity index (χ1n) is 9.44. The zero-order valence-electron chi connectivity index (χ0n) is 14.1. The minimum Gasteiger partial charge on any atom is -0.0808 e. The van der Waals surface area contributed by atoms with Crippen molar-refractivity contribution in [3.63, 3.8) is 0 Å². The quantitative estimate of drug-likeness (QED) is 0.617. The van der Waals surface area contributed by atoms with Crippen LogP contribution in [0, 0.1) is 47.3 Å². The molecule has 6 unspecified atom stereocenters. The van der Waals surface area contributed by atoms with Crippen molar-refractivity contribution in [2.45, 2.75) is 39.5 Å². The maximum atomic E-state index is 2.50. The Kier molecular flexibility index (Phi) is 3.88. The minimum atomic E-state index is 0.828. The Morgan fingerprint density at radius 3 is 1.50 bits per heavy atom. The molecule has 0 aliphatic heterocycles. The summed E-state index contributed by atoms with van der Waals surface area (Å²) in [5, 5.41) is 0. The largest absolute Gasteiger partial charge is 0.0808 e. The van der Waals surface area contributed by atoms with Crippen LogP contribution < -0.4 is 0 Å². The molecular formula is C22H30. The Morgan fingerprint density at radius 2 is 1.05 bits per heavy atom. The van der Waals surface area contributed by atoms with Gasteiger partial charge in [0, 0.05) is 0 Å². The molecule has 0 aromatic heterocycles. The molecule has 0 spiro atoms. The van der Waals surface area contributed by atoms with Crippen molar-refractivity contribution in [3.8, 4) is 0 Å². The van der Waals surface area contributed by atoms with E-state index in [1.54, 1.807) is 0 Å². The molecule has 0 aromatic rings. The molecule has 118 valence electrons. The lowest BCUT2D eigenvalue weighted by Crippen LogP contribution is -2.20. The van der Waals surface area contributed by atoms with Crippen LogP contribution in [0.3, 0.4) is 0 Å². The van der Waals surface area contributed by atoms with Gasteiger partial charge in [0.15, 0.2) is 0 Å². The van der Waals surface area contributed by atoms with Crippen LogP contribution in [0.1, 0.15) is 39.5 Å². The molecule has 0 nitrogen and oxygen atoms in total. The van der Waals surface area contributed by atoms with Gasteiger partial charge in [0.25, 0.3) is 0 Å². The van der Waals surface area contributed by atoms with E-state index >= 15 is 0 Å². The van der Waals surface area contributed by atoms with Crippen LogP contribution in [-0.4, -0.2) is 0 Å². The van der Waals surface area contributed by atoms with Crippen molar-refractivity contribution >= 4 is 0 Å². The molecule has 0 heteroatoms. The number of rotatable bonds is 3. The van der Waals surface area contributed by atoms with E-state index < -0.39 is 0 Å². The van der Waals surface area contributed by atoms with E-state index in [4.69, 9.17) is 0 Å². The molecule has 0 radical (unpaired) electrons. The molecule has 0 amide bonds. The topological polar surface area (TPSA) is 0 Å². The maximum Gasteiger partial charge on any atom is -0.0136 e. The van der Waals surface area contributed by atoms with Gasteiger partial charge in [-0.1, -0.05) is 62.5 Å². The van der Waals surface area contributed by atoms with Crippen LogP contribution in [0.4, 0.5) is 0 Å². The molecule has 0 bridgehead atoms. The summed E-state index contributed by atoms with van der Waals surface area (Å²) in [5.41, 5.74) is 0. The second-order valence-electron chi connectivity index (χ2n) is 8.35. The monoisotopic (exact) mass is 294 g/mol. The van der Waals surface area contributed by atoms with Gasteiger partial charge in [-0.15, -0.1) is 0 Å². The van der Waals surface area contributed by atoms with E-state index in [0.717, 1.165) is 47.3 Å². The summed E-state index contributed by atoms with van der Waals surface area (Å²) in [5.74, 6) is 6.95. The Balaban J connectivity index is 1.42. The highest BCUT2D eigenvalue weighted by Gasteiger charge is 2.42. The lowest BCUT2D eigenvalue weighted by Gasteiger charge is -2.28. The highest BCUT2D eigenvalue weighted by Crippen LogP contribution is 2.50. The molecule has 4 aliphatic carbocycles. The predicted octanol–water partition coefficient (Wildman–Crippen LogP) is 5.80. The van der Waals surface area contributed by atoms with E-state index in [2.05, 4.69) is 62.5 Å². The van der Waals surface area contributed by atoms with Gasteiger partial charge in [-0.2, -0.15) is 0 Å². The van der Waals surface area contributed by atoms with Crippen molar-refractivity contribution in [3.05, 3.63) is 48.6 Å². The van der Waals surface area contributed by atoms with E-state index in [1.807, 2.05) is 0 Å². The summed E-state index contributed by atoms with van der Waals surface area (Å²) >= 11 is 0. The van der Waals surface area contributed by atoms with E-state index in [-0.39, 0.29) is 0 Å². The second-order valence-corrected chi connectivity index (χ2v) is 8.35. The van der Waals surface area contributed by atoms with Gasteiger partial charge >= 0.3 is 0 Å². The lowest BCUT2D eigenvalue weighted by atomic mass is 9.77. The third-order valence-corrected chi connectivity index (χ3v) is 7.17. The molecule has 22 heavy (non-hydrogen) atoms. The molecule has 0 aromatic carbocycles. The predicted molar refractivity (Wildman–Crippen MR) is 94.3 cm³/mol. The normalized spacial score (nSPS) is 48.6. The van der Waals surface area contributed by atoms with Crippen LogP contribution >= 0.6 is 0 Å². The van der Waals surface area contributed by atoms with Gasteiger partial charge in [0.1, 0.15) is 0 Å². The SMILES string of the molecule is C[C@@H]1CC2C=CC=CC2C1CCC1C2C=CC=CC2C[C@@H]1C. The molecule has 4 rings (SSSR count). The fourth-order valence-electron chi connectivity index (χ4n) is 6.04. The smallest absolute Gasteiger partial charge is 0.0136 e. The number of allylic oxidation sites excluding steroid dienone is 8. The number of fused-ring (bicyclic) bond motifs is 2. The van der Waals surface area contributed by atoms with Gasteiger partial charge in [0.2, 0.25) is 0 Å². The first-order chi connectivity index (χ1) is 10.7. The average Bonchev–Trinajstić information content (AvgIpc) is 3.01. The van der Waals surface area contributed by atoms with Crippen LogP contribution in [0.2, 0.25) is 0 Å². The Hall–Kier alpha value is -1.04. The second kappa shape index (κ2) is 5.87. The molecule has 4 aliphatic rings. The summed E-state index contributed by atoms with van der Waals surface area (Å²) < 4.78 is 0. The summed E-state index contributed by atoms with van der Waals surface area (Å²) in [6.07, 6.45) is 24.7. The van der Waals surface area contributed by atoms with Crippen molar-refractivity contribution in [2.24, 2.45) is 47.3 Å². The van der Waals surface area contributed by atoms with Gasteiger partial charge < -0.3 is 0 Å². The molecule has 0 heterocycles. The molecule has 0 saturated heterocycles. The third-order valence-electron chi connectivity index (χ3n) is 7.17. The standard InChI is InChI=1S/C22H30/c1-15-13-17-7-3-5-9-21(17)19(15)11-12-20-16(2)14-18-8-4-6-10-22(18)20/h3-10,15-22H,11-14H2,1-2H3/t15-,16+,17?,18?,19?,20?,21?,22?. The highest BCUT2D eigenvalue weighted by molar-refractivity contribution is 5.19. The van der Waals surface area contributed by atoms with Crippen molar-refractivity contribution in [2.75, 3.05) is 0 Å². The fraction of sp³-hybridized carbons (Fsp3) is 0.636. The molecule has 8 atom stereocenters. The molecule has 2 fully saturated rings. The fourth-order valence-corrected chi connectivity index (χ4v) is 6.04. The van der Waals surface area contributed by atoms with Gasteiger partial charge in [-0.3, -0.25) is 0 Å². The third kappa shape index (κ3) is 2.45. The Labute approximate surface area is 136 Å². The zero-order chi connectivity index (χ0) is 15.1. The van der Waals surface area contributed by atoms with Crippen LogP contribution in [0.25, 0.3) is 0 Å². The van der Waals surface area contributed by atoms with Crippen molar-refractivity contribution in [1.29, 1.82) is 0 Å². The van der Waals surface area contributed by atoms with Crippen LogP contribution in [0.15, 0.2) is 48.6 Å². The Bertz CT molecular complexity index is 472. The Morgan fingerprint density at radius 1 is 0.636 bits per heavy atom. The summed E-state index contributed by atoms with van der Waals surface area (Å²) in [6.45, 7) is 4.99. The van der Waals surface area contributed by atoms with Crippen LogP contribution in [0.5, 0.6) is 0 Å². The lowest BCUT2D eigenvalue weighted by molar-refractivity contribution is 0.259. The van der Waals surface area contributed by atoms with E-state index in [0.29, 0.717) is 0 Å². The van der Waals surface area contributed by atoms with Gasteiger partial charge in [0.05, 0.1) is 0 Å². The van der Waals surface area contributed by atoms with Crippen LogP contribution in [-0.2, 0) is 0 Å². The first kappa shape index (κ1) is 14.5. The van der Waals surface area contributed by atoms with Crippen molar-refractivity contribution in [1.82, 2.24) is 0 Å².